The average Bonchev–Trinajstić information content (AvgIpc) is 3.80. The van der Waals surface area contributed by atoms with Crippen LogP contribution in [-0.4, -0.2) is 82.4 Å². The summed E-state index contributed by atoms with van der Waals surface area (Å²) in [6.07, 6.45) is -7.09. The number of likely N-dealkylation sites (tertiary alicyclic amines) is 1. The molecule has 0 saturated carbocycles. The Morgan fingerprint density at radius 2 is 2.00 bits per heavy atom. The number of anilines is 1. The van der Waals surface area contributed by atoms with Gasteiger partial charge in [-0.05, 0) is 43.2 Å². The number of ether oxygens (including phenoxy) is 2. The summed E-state index contributed by atoms with van der Waals surface area (Å²) in [5.74, 6) is -3.68. The van der Waals surface area contributed by atoms with Gasteiger partial charge in [-0.15, -0.1) is 11.3 Å². The van der Waals surface area contributed by atoms with Crippen LogP contribution in [0.1, 0.15) is 30.4 Å². The number of alkyl halides is 5. The van der Waals surface area contributed by atoms with Gasteiger partial charge in [0.1, 0.15) is 35.2 Å². The van der Waals surface area contributed by atoms with Crippen molar-refractivity contribution >= 4 is 43.2 Å². The predicted octanol–water partition coefficient (Wildman–Crippen LogP) is 6.33. The van der Waals surface area contributed by atoms with E-state index in [2.05, 4.69) is 16.5 Å². The second-order valence-corrected chi connectivity index (χ2v) is 13.6. The molecule has 4 aromatic rings. The molecule has 5 heterocycles. The normalized spacial score (nSPS) is 23.8. The highest BCUT2D eigenvalue weighted by molar-refractivity contribution is 7.23. The number of hydrogen-bond acceptors (Lipinski definition) is 9. The lowest BCUT2D eigenvalue weighted by molar-refractivity contribution is -0.137. The van der Waals surface area contributed by atoms with Gasteiger partial charge in [-0.3, -0.25) is 9.69 Å². The monoisotopic (exact) mass is 720 g/mol. The Kier molecular flexibility index (Phi) is 8.29. The van der Waals surface area contributed by atoms with E-state index in [1.54, 1.807) is 6.07 Å². The second kappa shape index (κ2) is 12.3. The number of nitrogens with zero attached hydrogens (tertiary/aromatic N) is 5. The quantitative estimate of drug-likeness (QED) is 0.174. The SMILES string of the molecule is C=CC(=O)N1C[C@H](Oc2nc(OC[C@@]34CCCN3C[C@H](F)C4)nc3c(F)c(-c4ccc(F)c5sc(N)c(C#N)c45)c(C(F)(F)F)cc23)[C@@H](F)C1. The third kappa shape index (κ3) is 5.54. The van der Waals surface area contributed by atoms with Gasteiger partial charge in [-0.1, -0.05) is 12.6 Å². The molecule has 3 saturated heterocycles. The van der Waals surface area contributed by atoms with Gasteiger partial charge in [0.2, 0.25) is 11.8 Å². The van der Waals surface area contributed by atoms with Crippen LogP contribution in [0.15, 0.2) is 30.9 Å². The first-order valence-corrected chi connectivity index (χ1v) is 16.3. The van der Waals surface area contributed by atoms with Crippen LogP contribution >= 0.6 is 11.3 Å². The first-order chi connectivity index (χ1) is 23.7. The van der Waals surface area contributed by atoms with Crippen molar-refractivity contribution in [3.05, 3.63) is 53.6 Å². The maximum Gasteiger partial charge on any atom is 0.417 e. The van der Waals surface area contributed by atoms with Crippen LogP contribution in [0.5, 0.6) is 11.9 Å². The minimum Gasteiger partial charge on any atom is -0.469 e. The van der Waals surface area contributed by atoms with Crippen molar-refractivity contribution in [2.75, 3.05) is 38.5 Å². The lowest BCUT2D eigenvalue weighted by atomic mass is 9.92. The third-order valence-electron chi connectivity index (χ3n) is 9.56. The van der Waals surface area contributed by atoms with Crippen LogP contribution in [-0.2, 0) is 11.0 Å². The lowest BCUT2D eigenvalue weighted by Crippen LogP contribution is -2.43. The van der Waals surface area contributed by atoms with Crippen LogP contribution in [0.25, 0.3) is 32.1 Å². The number of fused-ring (bicyclic) bond motifs is 3. The molecule has 9 nitrogen and oxygen atoms in total. The third-order valence-corrected chi connectivity index (χ3v) is 10.6. The number of nitriles is 1. The Morgan fingerprint density at radius 3 is 2.72 bits per heavy atom. The summed E-state index contributed by atoms with van der Waals surface area (Å²) in [4.78, 5) is 23.5. The lowest BCUT2D eigenvalue weighted by Gasteiger charge is -2.30. The van der Waals surface area contributed by atoms with Gasteiger partial charge in [-0.2, -0.15) is 28.4 Å². The van der Waals surface area contributed by atoms with E-state index in [1.165, 1.54) is 0 Å². The van der Waals surface area contributed by atoms with Gasteiger partial charge in [0.15, 0.2) is 18.1 Å². The number of nitrogens with two attached hydrogens (primary N) is 1. The Hall–Kier alpha value is -4.69. The highest BCUT2D eigenvalue weighted by atomic mass is 32.1. The van der Waals surface area contributed by atoms with E-state index in [9.17, 15) is 32.0 Å². The Balaban J connectivity index is 1.42. The van der Waals surface area contributed by atoms with Gasteiger partial charge in [0, 0.05) is 23.9 Å². The second-order valence-electron chi connectivity index (χ2n) is 12.6. The first kappa shape index (κ1) is 33.8. The van der Waals surface area contributed by atoms with Crippen molar-refractivity contribution in [1.82, 2.24) is 19.8 Å². The summed E-state index contributed by atoms with van der Waals surface area (Å²) in [6.45, 7) is 3.33. The minimum atomic E-state index is -5.23. The summed E-state index contributed by atoms with van der Waals surface area (Å²) in [5.41, 5.74) is 1.07. The average molecular weight is 721 g/mol. The summed E-state index contributed by atoms with van der Waals surface area (Å²) in [6, 6.07) is 3.51. The number of carbonyl (C=O) groups excluding carboxylic acids is 1. The molecular formula is C33H27F7N6O3S. The van der Waals surface area contributed by atoms with Crippen LogP contribution in [0, 0.1) is 23.0 Å². The van der Waals surface area contributed by atoms with E-state index in [-0.39, 0.29) is 46.8 Å². The van der Waals surface area contributed by atoms with Gasteiger partial charge in [0.25, 0.3) is 0 Å². The van der Waals surface area contributed by atoms with Gasteiger partial charge >= 0.3 is 12.2 Å². The van der Waals surface area contributed by atoms with E-state index < -0.39 is 93.7 Å². The highest BCUT2D eigenvalue weighted by Gasteiger charge is 2.49. The summed E-state index contributed by atoms with van der Waals surface area (Å²) in [7, 11) is 0. The summed E-state index contributed by atoms with van der Waals surface area (Å²) < 4.78 is 117. The van der Waals surface area contributed by atoms with Gasteiger partial charge in [-0.25, -0.2) is 17.6 Å². The molecule has 17 heteroatoms. The smallest absolute Gasteiger partial charge is 0.417 e. The fourth-order valence-electron chi connectivity index (χ4n) is 7.28. The van der Waals surface area contributed by atoms with E-state index in [1.807, 2.05) is 4.90 Å². The van der Waals surface area contributed by atoms with Gasteiger partial charge < -0.3 is 20.1 Å². The van der Waals surface area contributed by atoms with Crippen molar-refractivity contribution in [2.24, 2.45) is 0 Å². The number of hydrogen-bond donors (Lipinski definition) is 1. The molecule has 3 aliphatic rings. The topological polar surface area (TPSA) is 118 Å². The molecular weight excluding hydrogens is 693 g/mol. The highest BCUT2D eigenvalue weighted by Crippen LogP contribution is 2.48. The number of rotatable bonds is 7. The van der Waals surface area contributed by atoms with Crippen molar-refractivity contribution in [1.29, 1.82) is 5.26 Å². The first-order valence-electron chi connectivity index (χ1n) is 15.5. The number of benzene rings is 2. The van der Waals surface area contributed by atoms with Crippen molar-refractivity contribution in [3.8, 4) is 29.1 Å². The zero-order chi connectivity index (χ0) is 35.7. The van der Waals surface area contributed by atoms with E-state index in [0.717, 1.165) is 29.5 Å². The Bertz CT molecular complexity index is 2100. The number of carbonyl (C=O) groups is 1. The van der Waals surface area contributed by atoms with E-state index in [0.29, 0.717) is 30.4 Å². The number of aromatic nitrogens is 2. The number of nitrogen functional groups attached to an aromatic ring is 1. The van der Waals surface area contributed by atoms with Crippen LogP contribution in [0.3, 0.4) is 0 Å². The van der Waals surface area contributed by atoms with Crippen molar-refractivity contribution < 1.29 is 45.0 Å². The standard InChI is InChI=1S/C33H27F7N6O3S/c1-2-23(47)45-12-21(36)22(13-45)49-30-17-8-19(33(38,39)40)25(16-4-5-20(35)28-24(16)18(10-41)29(42)50-28)26(37)27(17)43-31(44-30)48-14-32-6-3-7-46(32)11-15(34)9-32/h2,4-5,8,15,21-22H,1,3,6-7,9,11-14,42H2/t15-,21+,22+,32+/m1/s1. The molecule has 4 atom stereocenters. The molecule has 0 aliphatic carbocycles. The number of halogens is 7. The Labute approximate surface area is 283 Å². The molecule has 50 heavy (non-hydrogen) atoms. The fraction of sp³-hybridized carbons (Fsp3) is 0.394. The molecule has 262 valence electrons. The predicted molar refractivity (Wildman–Crippen MR) is 169 cm³/mol. The number of amides is 1. The zero-order valence-electron chi connectivity index (χ0n) is 26.0. The minimum absolute atomic E-state index is 0.136. The molecule has 3 aliphatic heterocycles. The Morgan fingerprint density at radius 1 is 1.22 bits per heavy atom. The zero-order valence-corrected chi connectivity index (χ0v) is 26.8. The van der Waals surface area contributed by atoms with E-state index >= 15 is 8.78 Å². The van der Waals surface area contributed by atoms with Crippen molar-refractivity contribution in [2.45, 2.75) is 49.4 Å². The summed E-state index contributed by atoms with van der Waals surface area (Å²) >= 11 is 0.624. The van der Waals surface area contributed by atoms with Gasteiger partial charge in [0.05, 0.1) is 39.8 Å². The molecule has 1 amide bonds. The van der Waals surface area contributed by atoms with Crippen LogP contribution in [0.4, 0.5) is 35.7 Å². The molecule has 7 rings (SSSR count). The fourth-order valence-corrected chi connectivity index (χ4v) is 8.22. The molecule has 0 spiro atoms. The van der Waals surface area contributed by atoms with Crippen LogP contribution < -0.4 is 15.2 Å². The number of thiophene rings is 1. The molecule has 2 N–H and O–H groups in total. The molecule has 3 fully saturated rings. The molecule has 0 unspecified atom stereocenters. The molecule has 0 radical (unpaired) electrons. The van der Waals surface area contributed by atoms with E-state index in [4.69, 9.17) is 15.2 Å². The maximum atomic E-state index is 16.9. The molecule has 0 bridgehead atoms. The summed E-state index contributed by atoms with van der Waals surface area (Å²) in [5, 5.41) is 8.67. The van der Waals surface area contributed by atoms with Crippen molar-refractivity contribution in [3.63, 3.8) is 0 Å². The molecule has 2 aromatic carbocycles. The largest absolute Gasteiger partial charge is 0.469 e. The maximum absolute atomic E-state index is 16.9. The molecule has 2 aromatic heterocycles. The van der Waals surface area contributed by atoms with Crippen LogP contribution in [0.2, 0.25) is 0 Å².